The summed E-state index contributed by atoms with van der Waals surface area (Å²) < 4.78 is 1.78. The number of thiazole rings is 2. The highest BCUT2D eigenvalue weighted by Crippen LogP contribution is 2.31. The molecule has 7 amide bonds. The number of aliphatic carboxylic acids is 3. The van der Waals surface area contributed by atoms with Crippen molar-refractivity contribution in [3.63, 3.8) is 0 Å². The quantitative estimate of drug-likeness (QED) is 0.0183. The van der Waals surface area contributed by atoms with E-state index in [1.165, 1.54) is 22.7 Å². The van der Waals surface area contributed by atoms with E-state index in [0.29, 0.717) is 50.1 Å². The zero-order valence-corrected chi connectivity index (χ0v) is 57.6. The first-order valence-electron chi connectivity index (χ1n) is 30.5. The molecule has 0 spiro atoms. The number of carboxylic acids is 3. The summed E-state index contributed by atoms with van der Waals surface area (Å²) in [6.45, 7) is 11.2. The molecule has 22 N–H and O–H groups in total. The number of carbonyl (C=O) groups is 10. The van der Waals surface area contributed by atoms with Gasteiger partial charge in [-0.2, -0.15) is 0 Å². The number of amides is 7. The van der Waals surface area contributed by atoms with E-state index in [4.69, 9.17) is 59.3 Å². The number of hydrogen-bond donors (Lipinski definition) is 16. The minimum Gasteiger partial charge on any atom is -0.481 e. The Morgan fingerprint density at radius 1 is 0.542 bits per heavy atom. The van der Waals surface area contributed by atoms with Crippen LogP contribution in [0.2, 0.25) is 0 Å². The van der Waals surface area contributed by atoms with Gasteiger partial charge in [0.1, 0.15) is 38.2 Å². The van der Waals surface area contributed by atoms with Gasteiger partial charge in [0.25, 0.3) is 11.9 Å². The van der Waals surface area contributed by atoms with Crippen LogP contribution in [0.25, 0.3) is 20.4 Å². The van der Waals surface area contributed by atoms with Crippen LogP contribution in [0.15, 0.2) is 61.4 Å². The monoisotopic (exact) mass is 1410 g/mol. The average Bonchev–Trinajstić information content (AvgIpc) is 1.68. The lowest BCUT2D eigenvalue weighted by Crippen LogP contribution is -2.52. The first kappa shape index (κ1) is 81.0. The fraction of sp³-hybridized carbons (Fsp3) is 0.508. The number of fused-ring (bicyclic) bond motifs is 2. The third-order valence-electron chi connectivity index (χ3n) is 13.6. The molecule has 0 bridgehead atoms. The van der Waals surface area contributed by atoms with Crippen molar-refractivity contribution >= 4 is 165 Å². The third-order valence-corrected chi connectivity index (χ3v) is 17.9. The Morgan fingerprint density at radius 2 is 0.938 bits per heavy atom. The molecule has 2 aromatic heterocycles. The number of aliphatic imine (C=N–C) groups is 5. The van der Waals surface area contributed by atoms with Crippen molar-refractivity contribution in [1.82, 2.24) is 36.6 Å². The lowest BCUT2D eigenvalue weighted by atomic mass is 9.92. The normalized spacial score (nSPS) is 13.9. The summed E-state index contributed by atoms with van der Waals surface area (Å²) >= 11 is 6.33. The maximum Gasteiger partial charge on any atom is 0.303 e. The van der Waals surface area contributed by atoms with Gasteiger partial charge in [-0.15, -0.1) is 46.2 Å². The molecular weight excluding hydrogens is 1330 g/mol. The minimum atomic E-state index is -1.15. The number of carboxylic acid groups (broad SMARTS) is 3. The van der Waals surface area contributed by atoms with Crippen molar-refractivity contribution in [2.45, 2.75) is 117 Å². The Hall–Kier alpha value is -9.23. The van der Waals surface area contributed by atoms with Crippen LogP contribution in [0.1, 0.15) is 109 Å². The molecular formula is C59H88N20O13S4. The Morgan fingerprint density at radius 3 is 1.31 bits per heavy atom. The van der Waals surface area contributed by atoms with Crippen LogP contribution >= 0.6 is 46.2 Å². The predicted molar refractivity (Wildman–Crippen MR) is 377 cm³/mol. The van der Waals surface area contributed by atoms with E-state index in [-0.39, 0.29) is 80.3 Å². The molecule has 0 fully saturated rings. The second kappa shape index (κ2) is 43.0. The van der Waals surface area contributed by atoms with E-state index in [2.05, 4.69) is 72.1 Å². The molecule has 6 rings (SSSR count). The smallest absolute Gasteiger partial charge is 0.303 e. The van der Waals surface area contributed by atoms with Gasteiger partial charge in [0.15, 0.2) is 17.9 Å². The zero-order valence-electron chi connectivity index (χ0n) is 54.3. The molecule has 2 aromatic carbocycles. The summed E-state index contributed by atoms with van der Waals surface area (Å²) in [5, 5.41) is 46.2. The van der Waals surface area contributed by atoms with Crippen LogP contribution in [0.3, 0.4) is 0 Å². The van der Waals surface area contributed by atoms with Gasteiger partial charge in [0.2, 0.25) is 41.4 Å². The maximum absolute atomic E-state index is 13.4. The summed E-state index contributed by atoms with van der Waals surface area (Å²) in [6, 6.07) is 7.76. The van der Waals surface area contributed by atoms with E-state index >= 15 is 0 Å². The number of hydrogen-bond acceptors (Lipinski definition) is 21. The van der Waals surface area contributed by atoms with Gasteiger partial charge in [0.05, 0.1) is 33.5 Å². The third kappa shape index (κ3) is 31.8. The van der Waals surface area contributed by atoms with Gasteiger partial charge in [-0.1, -0.05) is 34.1 Å². The van der Waals surface area contributed by atoms with Crippen LogP contribution in [0.5, 0.6) is 0 Å². The lowest BCUT2D eigenvalue weighted by Gasteiger charge is -2.23. The average molecular weight is 1410 g/mol. The predicted octanol–water partition coefficient (Wildman–Crippen LogP) is 1.67. The topological polar surface area (TPSA) is 559 Å². The van der Waals surface area contributed by atoms with Gasteiger partial charge in [-0.3, -0.25) is 72.9 Å². The second-order valence-corrected chi connectivity index (χ2v) is 25.8. The Kier molecular flexibility index (Phi) is 36.3. The molecule has 37 heteroatoms. The first-order chi connectivity index (χ1) is 45.5. The van der Waals surface area contributed by atoms with Crippen LogP contribution < -0.4 is 71.6 Å². The summed E-state index contributed by atoms with van der Waals surface area (Å²) in [5.41, 5.74) is 34.9. The van der Waals surface area contributed by atoms with Crippen molar-refractivity contribution in [2.24, 2.45) is 77.1 Å². The number of anilines is 2. The molecule has 0 aliphatic carbocycles. The van der Waals surface area contributed by atoms with E-state index in [1.54, 1.807) is 61.6 Å². The molecule has 6 unspecified atom stereocenters. The van der Waals surface area contributed by atoms with Crippen molar-refractivity contribution in [1.29, 1.82) is 0 Å². The van der Waals surface area contributed by atoms with Crippen LogP contribution in [-0.2, 0) is 47.9 Å². The number of carbonyl (C=O) groups excluding carboxylic acids is 7. The van der Waals surface area contributed by atoms with Crippen LogP contribution in [-0.4, -0.2) is 188 Å². The molecule has 2 aliphatic rings. The van der Waals surface area contributed by atoms with Crippen LogP contribution in [0, 0.1) is 17.8 Å². The Balaban J connectivity index is 0.000000453. The SMILES string of the molecule is CC(=O)O.CC(=O)O.CC(CCCN=C(N)N)C(=O)NCC(=O)NC(CCCN=C(N)N)C(=O)Nc1ccc2nc(C3=NCCS3)sc2c1.CCC(C)C(C)C(=O)NC(CCC(=O)O)C(=O)NCC(=O)NC(CCCN=C(N)N)C(=O)Nc1ccc2nc(C3=NCCS3)sc2c1. The molecule has 2 aliphatic heterocycles. The van der Waals surface area contributed by atoms with Crippen molar-refractivity contribution in [3.05, 3.63) is 46.4 Å². The Bertz CT molecular complexity index is 3450. The molecule has 4 heterocycles. The maximum atomic E-state index is 13.4. The number of rotatable bonds is 33. The highest BCUT2D eigenvalue weighted by atomic mass is 32.2. The standard InChI is InChI=1S/C30H43N9O6S2.C25H37N11O3S2.2C2H4O2/c1-4-16(2)17(3)25(43)38-21(9-10-24(41)42)26(44)35-15-23(40)37-20(6-5-11-34-30(31)32)27(45)36-18-7-8-19-22(14-18)47-29(39-19)28-33-12-13-46-28;1-14(4-2-8-31-24(26)27)20(38)33-13-19(37)35-17(5-3-9-32-25(28)29)21(39)34-15-6-7-16-18(12-15)41-23(36-16)22-30-10-11-40-22;2*1-2(3)4/h7-8,14,16-17,20-21H,4-6,9-13,15H2,1-3H3,(H,35,44)(H,36,45)(H,37,40)(H,38,43)(H,41,42)(H4,31,32,34);6-7,12,14,17H,2-5,8-11,13H2,1H3,(H,33,38)(H,34,39)(H,35,37)(H4,26,27,31)(H4,28,29,32);2*1H3,(H,3,4). The van der Waals surface area contributed by atoms with Gasteiger partial charge in [-0.25, -0.2) is 9.97 Å². The van der Waals surface area contributed by atoms with E-state index < -0.39 is 78.0 Å². The highest BCUT2D eigenvalue weighted by Gasteiger charge is 2.29. The molecule has 0 radical (unpaired) electrons. The number of benzene rings is 2. The van der Waals surface area contributed by atoms with Gasteiger partial charge >= 0.3 is 5.97 Å². The van der Waals surface area contributed by atoms with E-state index in [9.17, 15) is 38.4 Å². The zero-order chi connectivity index (χ0) is 71.4. The second-order valence-electron chi connectivity index (χ2n) is 21.6. The summed E-state index contributed by atoms with van der Waals surface area (Å²) in [6.07, 6.45) is 2.71. The van der Waals surface area contributed by atoms with Gasteiger partial charge in [0, 0.05) is 87.7 Å². The fourth-order valence-electron chi connectivity index (χ4n) is 8.43. The van der Waals surface area contributed by atoms with Crippen molar-refractivity contribution in [3.8, 4) is 0 Å². The minimum absolute atomic E-state index is 0.00260. The number of thioether (sulfide) groups is 2. The Labute approximate surface area is 571 Å². The molecule has 526 valence electrons. The number of nitrogens with two attached hydrogens (primary N) is 6. The number of nitrogens with one attached hydrogen (secondary N) is 7. The van der Waals surface area contributed by atoms with E-state index in [1.807, 2.05) is 26.0 Å². The highest BCUT2D eigenvalue weighted by molar-refractivity contribution is 8.15. The fourth-order valence-corrected chi connectivity index (χ4v) is 12.3. The van der Waals surface area contributed by atoms with Crippen molar-refractivity contribution in [2.75, 3.05) is 68.0 Å². The van der Waals surface area contributed by atoms with Gasteiger partial charge in [-0.05, 0) is 87.3 Å². The summed E-state index contributed by atoms with van der Waals surface area (Å²) in [4.78, 5) is 149. The first-order valence-corrected chi connectivity index (χ1v) is 34.1. The molecule has 96 heavy (non-hydrogen) atoms. The molecule has 4 aromatic rings. The lowest BCUT2D eigenvalue weighted by molar-refractivity contribution is -0.138. The molecule has 0 saturated heterocycles. The largest absolute Gasteiger partial charge is 0.481 e. The van der Waals surface area contributed by atoms with Crippen molar-refractivity contribution < 1.29 is 63.3 Å². The number of nitrogens with zero attached hydrogens (tertiary/aromatic N) is 7. The molecule has 6 atom stereocenters. The number of guanidine groups is 3. The van der Waals surface area contributed by atoms with Crippen LogP contribution in [0.4, 0.5) is 11.4 Å². The molecule has 0 saturated carbocycles. The summed E-state index contributed by atoms with van der Waals surface area (Å²) in [7, 11) is 0. The van der Waals surface area contributed by atoms with E-state index in [0.717, 1.165) is 85.4 Å². The number of aromatic nitrogens is 2. The summed E-state index contributed by atoms with van der Waals surface area (Å²) in [5.74, 6) is -5.17. The molecule has 33 nitrogen and oxygen atoms in total. The van der Waals surface area contributed by atoms with Gasteiger partial charge < -0.3 is 86.9 Å².